The normalized spacial score (nSPS) is 9.83. The van der Waals surface area contributed by atoms with E-state index in [1.807, 2.05) is 0 Å². The number of methoxy groups -OCH3 is 2. The van der Waals surface area contributed by atoms with Crippen LogP contribution in [-0.4, -0.2) is 26.1 Å². The number of carbonyl (C=O) groups is 2. The SMILES string of the molecule is C=C(C(=O)OC)c1cccc(C(=O)Nc2cccc(OC)c2)c1. The highest BCUT2D eigenvalue weighted by molar-refractivity contribution is 6.16. The second-order valence-corrected chi connectivity index (χ2v) is 4.74. The third kappa shape index (κ3) is 3.97. The lowest BCUT2D eigenvalue weighted by Gasteiger charge is -2.09. The molecule has 0 saturated heterocycles. The summed E-state index contributed by atoms with van der Waals surface area (Å²) in [6.45, 7) is 3.68. The molecule has 0 spiro atoms. The summed E-state index contributed by atoms with van der Waals surface area (Å²) in [5.74, 6) is -0.177. The number of carbonyl (C=O) groups excluding carboxylic acids is 2. The van der Waals surface area contributed by atoms with Crippen molar-refractivity contribution in [2.75, 3.05) is 19.5 Å². The van der Waals surface area contributed by atoms with Gasteiger partial charge in [-0.2, -0.15) is 0 Å². The zero-order valence-corrected chi connectivity index (χ0v) is 13.0. The van der Waals surface area contributed by atoms with Gasteiger partial charge in [0.05, 0.1) is 19.8 Å². The highest BCUT2D eigenvalue weighted by atomic mass is 16.5. The first-order valence-corrected chi connectivity index (χ1v) is 6.88. The first-order valence-electron chi connectivity index (χ1n) is 6.88. The average molecular weight is 311 g/mol. The number of hydrogen-bond acceptors (Lipinski definition) is 4. The van der Waals surface area contributed by atoms with Gasteiger partial charge in [-0.05, 0) is 29.8 Å². The van der Waals surface area contributed by atoms with E-state index in [0.717, 1.165) is 0 Å². The summed E-state index contributed by atoms with van der Waals surface area (Å²) in [5, 5.41) is 2.78. The van der Waals surface area contributed by atoms with E-state index < -0.39 is 5.97 Å². The van der Waals surface area contributed by atoms with Gasteiger partial charge < -0.3 is 14.8 Å². The van der Waals surface area contributed by atoms with Gasteiger partial charge in [-0.1, -0.05) is 24.8 Å². The number of amides is 1. The van der Waals surface area contributed by atoms with Gasteiger partial charge in [0.1, 0.15) is 5.75 Å². The maximum Gasteiger partial charge on any atom is 0.337 e. The first kappa shape index (κ1) is 16.3. The highest BCUT2D eigenvalue weighted by Crippen LogP contribution is 2.19. The van der Waals surface area contributed by atoms with Crippen LogP contribution in [-0.2, 0) is 9.53 Å². The van der Waals surface area contributed by atoms with Crippen LogP contribution in [0.3, 0.4) is 0 Å². The smallest absolute Gasteiger partial charge is 0.337 e. The molecule has 0 heterocycles. The van der Waals surface area contributed by atoms with Crippen molar-refractivity contribution in [3.8, 4) is 5.75 Å². The Kier molecular flexibility index (Phi) is 5.15. The third-order valence-corrected chi connectivity index (χ3v) is 3.23. The minimum absolute atomic E-state index is 0.198. The third-order valence-electron chi connectivity index (χ3n) is 3.23. The van der Waals surface area contributed by atoms with E-state index in [-0.39, 0.29) is 11.5 Å². The van der Waals surface area contributed by atoms with E-state index in [1.54, 1.807) is 55.6 Å². The summed E-state index contributed by atoms with van der Waals surface area (Å²) in [7, 11) is 2.84. The monoisotopic (exact) mass is 311 g/mol. The van der Waals surface area contributed by atoms with Gasteiger partial charge in [-0.3, -0.25) is 4.79 Å². The summed E-state index contributed by atoms with van der Waals surface area (Å²) in [5.41, 5.74) is 1.76. The van der Waals surface area contributed by atoms with Crippen molar-refractivity contribution in [2.45, 2.75) is 0 Å². The molecule has 0 aliphatic heterocycles. The molecule has 0 fully saturated rings. The van der Waals surface area contributed by atoms with Crippen molar-refractivity contribution in [3.63, 3.8) is 0 Å². The Morgan fingerprint density at radius 2 is 1.70 bits per heavy atom. The average Bonchev–Trinajstić information content (AvgIpc) is 2.60. The summed E-state index contributed by atoms with van der Waals surface area (Å²) >= 11 is 0. The van der Waals surface area contributed by atoms with Crippen LogP contribution in [0.4, 0.5) is 5.69 Å². The Hall–Kier alpha value is -3.08. The zero-order chi connectivity index (χ0) is 16.8. The van der Waals surface area contributed by atoms with Crippen molar-refractivity contribution in [1.82, 2.24) is 0 Å². The van der Waals surface area contributed by atoms with Gasteiger partial charge in [-0.15, -0.1) is 0 Å². The molecule has 23 heavy (non-hydrogen) atoms. The standard InChI is InChI=1S/C18H17NO4/c1-12(18(21)23-3)13-6-4-7-14(10-13)17(20)19-15-8-5-9-16(11-15)22-2/h4-11H,1H2,2-3H3,(H,19,20). The van der Waals surface area contributed by atoms with E-state index in [9.17, 15) is 9.59 Å². The molecule has 0 aromatic heterocycles. The highest BCUT2D eigenvalue weighted by Gasteiger charge is 2.12. The number of ether oxygens (including phenoxy) is 2. The van der Waals surface area contributed by atoms with Crippen molar-refractivity contribution < 1.29 is 19.1 Å². The molecular formula is C18H17NO4. The molecule has 1 N–H and O–H groups in total. The van der Waals surface area contributed by atoms with Crippen LogP contribution in [0, 0.1) is 0 Å². The number of anilines is 1. The van der Waals surface area contributed by atoms with Crippen LogP contribution in [0.25, 0.3) is 5.57 Å². The fraction of sp³-hybridized carbons (Fsp3) is 0.111. The predicted octanol–water partition coefficient (Wildman–Crippen LogP) is 3.13. The molecule has 0 saturated carbocycles. The molecular weight excluding hydrogens is 294 g/mol. The maximum atomic E-state index is 12.3. The molecule has 2 rings (SSSR count). The van der Waals surface area contributed by atoms with Crippen LogP contribution < -0.4 is 10.1 Å². The summed E-state index contributed by atoms with van der Waals surface area (Å²) in [6.07, 6.45) is 0. The summed E-state index contributed by atoms with van der Waals surface area (Å²) in [6, 6.07) is 13.7. The molecule has 118 valence electrons. The molecule has 0 aliphatic carbocycles. The Morgan fingerprint density at radius 1 is 1.00 bits per heavy atom. The molecule has 0 atom stereocenters. The number of hydrogen-bond donors (Lipinski definition) is 1. The molecule has 2 aromatic rings. The Bertz CT molecular complexity index is 752. The Balaban J connectivity index is 2.19. The molecule has 0 unspecified atom stereocenters. The van der Waals surface area contributed by atoms with Gasteiger partial charge in [0.15, 0.2) is 0 Å². The van der Waals surface area contributed by atoms with Crippen LogP contribution in [0.15, 0.2) is 55.1 Å². The predicted molar refractivity (Wildman–Crippen MR) is 88.4 cm³/mol. The maximum absolute atomic E-state index is 12.3. The van der Waals surface area contributed by atoms with Crippen LogP contribution in [0.2, 0.25) is 0 Å². The topological polar surface area (TPSA) is 64.6 Å². The number of nitrogens with one attached hydrogen (secondary N) is 1. The molecule has 0 radical (unpaired) electrons. The number of rotatable bonds is 5. The summed E-state index contributed by atoms with van der Waals surface area (Å²) in [4.78, 5) is 23.8. The minimum atomic E-state index is -0.532. The van der Waals surface area contributed by atoms with E-state index >= 15 is 0 Å². The van der Waals surface area contributed by atoms with Gasteiger partial charge in [0.2, 0.25) is 0 Å². The van der Waals surface area contributed by atoms with E-state index in [4.69, 9.17) is 4.74 Å². The van der Waals surface area contributed by atoms with E-state index in [0.29, 0.717) is 22.6 Å². The van der Waals surface area contributed by atoms with Gasteiger partial charge in [-0.25, -0.2) is 4.79 Å². The van der Waals surface area contributed by atoms with Crippen molar-refractivity contribution in [2.24, 2.45) is 0 Å². The molecule has 2 aromatic carbocycles. The Labute approximate surface area is 134 Å². The largest absolute Gasteiger partial charge is 0.497 e. The van der Waals surface area contributed by atoms with Gasteiger partial charge in [0.25, 0.3) is 5.91 Å². The Morgan fingerprint density at radius 3 is 2.39 bits per heavy atom. The van der Waals surface area contributed by atoms with Crippen molar-refractivity contribution >= 4 is 23.1 Å². The second kappa shape index (κ2) is 7.26. The molecule has 1 amide bonds. The summed E-state index contributed by atoms with van der Waals surface area (Å²) < 4.78 is 9.75. The lowest BCUT2D eigenvalue weighted by Crippen LogP contribution is -2.12. The fourth-order valence-corrected chi connectivity index (χ4v) is 1.99. The molecule has 5 nitrogen and oxygen atoms in total. The molecule has 5 heteroatoms. The fourth-order valence-electron chi connectivity index (χ4n) is 1.99. The second-order valence-electron chi connectivity index (χ2n) is 4.74. The van der Waals surface area contributed by atoms with Crippen molar-refractivity contribution in [3.05, 3.63) is 66.2 Å². The first-order chi connectivity index (χ1) is 11.0. The van der Waals surface area contributed by atoms with Crippen LogP contribution in [0.5, 0.6) is 5.75 Å². The number of benzene rings is 2. The van der Waals surface area contributed by atoms with Crippen molar-refractivity contribution in [1.29, 1.82) is 0 Å². The molecule has 0 aliphatic rings. The minimum Gasteiger partial charge on any atom is -0.497 e. The number of esters is 1. The zero-order valence-electron chi connectivity index (χ0n) is 13.0. The van der Waals surface area contributed by atoms with E-state index in [1.165, 1.54) is 7.11 Å². The van der Waals surface area contributed by atoms with Crippen LogP contribution >= 0.6 is 0 Å². The van der Waals surface area contributed by atoms with E-state index in [2.05, 4.69) is 16.6 Å². The quantitative estimate of drug-likeness (QED) is 0.680. The lowest BCUT2D eigenvalue weighted by atomic mass is 10.0. The lowest BCUT2D eigenvalue weighted by molar-refractivity contribution is -0.133. The van der Waals surface area contributed by atoms with Gasteiger partial charge in [0, 0.05) is 17.3 Å². The van der Waals surface area contributed by atoms with Gasteiger partial charge >= 0.3 is 5.97 Å². The molecule has 0 bridgehead atoms. The van der Waals surface area contributed by atoms with Crippen LogP contribution in [0.1, 0.15) is 15.9 Å².